The quantitative estimate of drug-likeness (QED) is 0.610. The SMILES string of the molecule is CCOC(=O)C(Br)C(Br)c1cccc(F)c1. The van der Waals surface area contributed by atoms with Crippen molar-refractivity contribution in [1.82, 2.24) is 0 Å². The first-order valence-electron chi connectivity index (χ1n) is 4.76. The highest BCUT2D eigenvalue weighted by atomic mass is 79.9. The van der Waals surface area contributed by atoms with Crippen molar-refractivity contribution in [2.75, 3.05) is 6.61 Å². The average Bonchev–Trinajstić information content (AvgIpc) is 2.27. The Morgan fingerprint density at radius 2 is 2.19 bits per heavy atom. The van der Waals surface area contributed by atoms with E-state index in [2.05, 4.69) is 31.9 Å². The topological polar surface area (TPSA) is 26.3 Å². The molecular weight excluding hydrogens is 343 g/mol. The van der Waals surface area contributed by atoms with Crippen molar-refractivity contribution in [2.45, 2.75) is 16.6 Å². The first kappa shape index (κ1) is 13.6. The third kappa shape index (κ3) is 3.56. The number of esters is 1. The number of alkyl halides is 2. The lowest BCUT2D eigenvalue weighted by atomic mass is 10.1. The highest BCUT2D eigenvalue weighted by Crippen LogP contribution is 2.32. The number of hydrogen-bond acceptors (Lipinski definition) is 2. The Bertz CT molecular complexity index is 371. The summed E-state index contributed by atoms with van der Waals surface area (Å²) in [6, 6.07) is 6.09. The van der Waals surface area contributed by atoms with Gasteiger partial charge in [-0.05, 0) is 24.6 Å². The molecule has 0 radical (unpaired) electrons. The number of rotatable bonds is 4. The lowest BCUT2D eigenvalue weighted by molar-refractivity contribution is -0.142. The van der Waals surface area contributed by atoms with E-state index in [4.69, 9.17) is 4.74 Å². The average molecular weight is 354 g/mol. The molecule has 2 unspecified atom stereocenters. The van der Waals surface area contributed by atoms with E-state index in [-0.39, 0.29) is 16.6 Å². The predicted octanol–water partition coefficient (Wildman–Crippen LogP) is 3.59. The molecule has 1 rings (SSSR count). The van der Waals surface area contributed by atoms with E-state index in [0.717, 1.165) is 0 Å². The van der Waals surface area contributed by atoms with Gasteiger partial charge in [0.1, 0.15) is 10.6 Å². The van der Waals surface area contributed by atoms with Crippen LogP contribution in [0.2, 0.25) is 0 Å². The maximum atomic E-state index is 13.0. The van der Waals surface area contributed by atoms with Crippen LogP contribution < -0.4 is 0 Å². The molecule has 2 nitrogen and oxygen atoms in total. The molecule has 0 aromatic heterocycles. The van der Waals surface area contributed by atoms with Crippen LogP contribution in [0.15, 0.2) is 24.3 Å². The first-order chi connectivity index (χ1) is 7.56. The highest BCUT2D eigenvalue weighted by molar-refractivity contribution is 9.12. The molecule has 0 spiro atoms. The van der Waals surface area contributed by atoms with Gasteiger partial charge in [0.25, 0.3) is 0 Å². The number of carbonyl (C=O) groups excluding carboxylic acids is 1. The number of carbonyl (C=O) groups is 1. The van der Waals surface area contributed by atoms with Gasteiger partial charge < -0.3 is 4.74 Å². The molecule has 0 saturated heterocycles. The molecule has 1 aromatic rings. The fourth-order valence-corrected chi connectivity index (χ4v) is 2.13. The number of ether oxygens (including phenoxy) is 1. The zero-order chi connectivity index (χ0) is 12.1. The molecule has 0 aliphatic carbocycles. The minimum Gasteiger partial charge on any atom is -0.465 e. The van der Waals surface area contributed by atoms with Gasteiger partial charge in [0.05, 0.1) is 11.4 Å². The van der Waals surface area contributed by atoms with Crippen LogP contribution in [0.5, 0.6) is 0 Å². The Morgan fingerprint density at radius 1 is 1.50 bits per heavy atom. The van der Waals surface area contributed by atoms with E-state index >= 15 is 0 Å². The van der Waals surface area contributed by atoms with E-state index in [9.17, 15) is 9.18 Å². The molecule has 5 heteroatoms. The normalized spacial score (nSPS) is 14.2. The van der Waals surface area contributed by atoms with Crippen LogP contribution in [0.25, 0.3) is 0 Å². The Balaban J connectivity index is 2.77. The molecule has 1 aromatic carbocycles. The van der Waals surface area contributed by atoms with Gasteiger partial charge in [-0.25, -0.2) is 4.39 Å². The molecule has 0 heterocycles. The Labute approximate surface area is 110 Å². The summed E-state index contributed by atoms with van der Waals surface area (Å²) in [6.45, 7) is 2.06. The van der Waals surface area contributed by atoms with Crippen molar-refractivity contribution >= 4 is 37.8 Å². The number of halogens is 3. The van der Waals surface area contributed by atoms with Crippen LogP contribution in [-0.4, -0.2) is 17.4 Å². The molecule has 16 heavy (non-hydrogen) atoms. The molecule has 88 valence electrons. The minimum absolute atomic E-state index is 0.317. The van der Waals surface area contributed by atoms with E-state index in [1.54, 1.807) is 19.1 Å². The summed E-state index contributed by atoms with van der Waals surface area (Å²) < 4.78 is 17.9. The molecule has 0 amide bonds. The van der Waals surface area contributed by atoms with E-state index < -0.39 is 4.83 Å². The molecule has 0 aliphatic heterocycles. The van der Waals surface area contributed by atoms with Crippen molar-refractivity contribution in [1.29, 1.82) is 0 Å². The van der Waals surface area contributed by atoms with Gasteiger partial charge in [-0.3, -0.25) is 4.79 Å². The lowest BCUT2D eigenvalue weighted by Crippen LogP contribution is -2.21. The second-order valence-electron chi connectivity index (χ2n) is 3.11. The molecular formula is C11H11Br2FO2. The summed E-state index contributed by atoms with van der Waals surface area (Å²) in [5.41, 5.74) is 0.690. The van der Waals surface area contributed by atoms with Gasteiger partial charge in [0, 0.05) is 0 Å². The Morgan fingerprint density at radius 3 is 2.75 bits per heavy atom. The van der Waals surface area contributed by atoms with E-state index in [1.807, 2.05) is 0 Å². The van der Waals surface area contributed by atoms with Gasteiger partial charge in [0.2, 0.25) is 0 Å². The Kier molecular flexibility index (Phi) is 5.41. The smallest absolute Gasteiger partial charge is 0.321 e. The maximum absolute atomic E-state index is 13.0. The van der Waals surface area contributed by atoms with Gasteiger partial charge >= 0.3 is 5.97 Å². The third-order valence-electron chi connectivity index (χ3n) is 1.94. The maximum Gasteiger partial charge on any atom is 0.321 e. The summed E-state index contributed by atoms with van der Waals surface area (Å²) >= 11 is 6.57. The molecule has 0 fully saturated rings. The van der Waals surface area contributed by atoms with Crippen molar-refractivity contribution in [3.8, 4) is 0 Å². The van der Waals surface area contributed by atoms with Crippen LogP contribution in [0.4, 0.5) is 4.39 Å². The zero-order valence-corrected chi connectivity index (χ0v) is 11.8. The molecule has 2 atom stereocenters. The van der Waals surface area contributed by atoms with Gasteiger partial charge in [-0.15, -0.1) is 0 Å². The highest BCUT2D eigenvalue weighted by Gasteiger charge is 2.26. The van der Waals surface area contributed by atoms with Crippen LogP contribution >= 0.6 is 31.9 Å². The molecule has 0 bridgehead atoms. The third-order valence-corrected chi connectivity index (χ3v) is 4.61. The van der Waals surface area contributed by atoms with Crippen LogP contribution in [0.3, 0.4) is 0 Å². The number of hydrogen-bond donors (Lipinski definition) is 0. The van der Waals surface area contributed by atoms with Crippen molar-refractivity contribution in [3.63, 3.8) is 0 Å². The van der Waals surface area contributed by atoms with Gasteiger partial charge in [-0.2, -0.15) is 0 Å². The van der Waals surface area contributed by atoms with Crippen LogP contribution in [0.1, 0.15) is 17.3 Å². The fraction of sp³-hybridized carbons (Fsp3) is 0.364. The minimum atomic E-state index is -0.533. The van der Waals surface area contributed by atoms with Crippen LogP contribution in [0, 0.1) is 5.82 Å². The van der Waals surface area contributed by atoms with E-state index in [0.29, 0.717) is 12.2 Å². The summed E-state index contributed by atoms with van der Waals surface area (Å²) in [5, 5.41) is 0. The van der Waals surface area contributed by atoms with Gasteiger partial charge in [-0.1, -0.05) is 44.0 Å². The van der Waals surface area contributed by atoms with Crippen molar-refractivity contribution in [2.24, 2.45) is 0 Å². The summed E-state index contributed by atoms with van der Waals surface area (Å²) in [4.78, 5) is 10.6. The van der Waals surface area contributed by atoms with Crippen molar-refractivity contribution < 1.29 is 13.9 Å². The summed E-state index contributed by atoms with van der Waals surface area (Å²) in [5.74, 6) is -0.695. The molecule has 0 saturated carbocycles. The zero-order valence-electron chi connectivity index (χ0n) is 8.62. The predicted molar refractivity (Wildman–Crippen MR) is 67.4 cm³/mol. The second kappa shape index (κ2) is 6.35. The second-order valence-corrected chi connectivity index (χ2v) is 5.08. The monoisotopic (exact) mass is 352 g/mol. The molecule has 0 N–H and O–H groups in total. The lowest BCUT2D eigenvalue weighted by Gasteiger charge is -2.15. The van der Waals surface area contributed by atoms with E-state index in [1.165, 1.54) is 12.1 Å². The first-order valence-corrected chi connectivity index (χ1v) is 6.59. The van der Waals surface area contributed by atoms with Gasteiger partial charge in [0.15, 0.2) is 0 Å². The number of benzene rings is 1. The summed E-state index contributed by atoms with van der Waals surface area (Å²) in [7, 11) is 0. The fourth-order valence-electron chi connectivity index (χ4n) is 1.19. The molecule has 0 aliphatic rings. The Hall–Kier alpha value is -0.420. The standard InChI is InChI=1S/C11H11Br2FO2/c1-2-16-11(15)10(13)9(12)7-4-3-5-8(14)6-7/h3-6,9-10H,2H2,1H3. The van der Waals surface area contributed by atoms with Crippen LogP contribution in [-0.2, 0) is 9.53 Å². The summed E-state index contributed by atoms with van der Waals surface area (Å²) in [6.07, 6.45) is 0. The van der Waals surface area contributed by atoms with Crippen molar-refractivity contribution in [3.05, 3.63) is 35.6 Å². The largest absolute Gasteiger partial charge is 0.465 e.